The normalized spacial score (nSPS) is 11.1. The zero-order valence-corrected chi connectivity index (χ0v) is 12.6. The topological polar surface area (TPSA) is 46.6 Å². The van der Waals surface area contributed by atoms with E-state index in [1.807, 2.05) is 0 Å². The molecule has 0 saturated heterocycles. The van der Waals surface area contributed by atoms with Crippen molar-refractivity contribution < 1.29 is 27.5 Å². The predicted octanol–water partition coefficient (Wildman–Crippen LogP) is 3.18. The first-order chi connectivity index (χ1) is 10.3. The minimum atomic E-state index is -5.02. The molecule has 1 aromatic rings. The van der Waals surface area contributed by atoms with Gasteiger partial charge in [0.2, 0.25) is 0 Å². The van der Waals surface area contributed by atoms with E-state index in [0.29, 0.717) is 10.5 Å². The van der Waals surface area contributed by atoms with Crippen LogP contribution in [0.4, 0.5) is 13.2 Å². The molecule has 22 heavy (non-hydrogen) atoms. The van der Waals surface area contributed by atoms with Crippen molar-refractivity contribution in [2.75, 3.05) is 13.2 Å². The van der Waals surface area contributed by atoms with Crippen LogP contribution < -0.4 is 0 Å². The van der Waals surface area contributed by atoms with E-state index >= 15 is 0 Å². The smallest absolute Gasteiger partial charge is 0.466 e. The molecular formula is C14H15ClF3NO3. The Morgan fingerprint density at radius 3 is 2.45 bits per heavy atom. The molecule has 0 unspecified atom stereocenters. The van der Waals surface area contributed by atoms with E-state index in [0.717, 1.165) is 0 Å². The van der Waals surface area contributed by atoms with Gasteiger partial charge in [-0.25, -0.2) is 0 Å². The van der Waals surface area contributed by atoms with Crippen LogP contribution in [-0.2, 0) is 20.9 Å². The number of amides is 1. The van der Waals surface area contributed by atoms with E-state index in [-0.39, 0.29) is 24.6 Å². The molecule has 0 aliphatic carbocycles. The number of hydrogen-bond acceptors (Lipinski definition) is 3. The summed E-state index contributed by atoms with van der Waals surface area (Å²) in [4.78, 5) is 23.3. The average molecular weight is 338 g/mol. The van der Waals surface area contributed by atoms with E-state index < -0.39 is 24.6 Å². The molecule has 0 bridgehead atoms. The summed E-state index contributed by atoms with van der Waals surface area (Å²) < 4.78 is 42.6. The largest absolute Gasteiger partial charge is 0.471 e. The third kappa shape index (κ3) is 5.55. The van der Waals surface area contributed by atoms with Crippen molar-refractivity contribution in [2.45, 2.75) is 26.1 Å². The van der Waals surface area contributed by atoms with E-state index in [1.165, 1.54) is 12.1 Å². The van der Waals surface area contributed by atoms with E-state index in [9.17, 15) is 22.8 Å². The maximum Gasteiger partial charge on any atom is 0.471 e. The van der Waals surface area contributed by atoms with Gasteiger partial charge in [0.15, 0.2) is 0 Å². The molecule has 4 nitrogen and oxygen atoms in total. The zero-order chi connectivity index (χ0) is 16.8. The van der Waals surface area contributed by atoms with Crippen molar-refractivity contribution in [3.05, 3.63) is 34.9 Å². The molecule has 0 fully saturated rings. The fraction of sp³-hybridized carbons (Fsp3) is 0.429. The van der Waals surface area contributed by atoms with Crippen molar-refractivity contribution in [1.82, 2.24) is 4.90 Å². The van der Waals surface area contributed by atoms with Gasteiger partial charge in [0, 0.05) is 18.1 Å². The first-order valence-electron chi connectivity index (χ1n) is 6.50. The maximum absolute atomic E-state index is 12.6. The lowest BCUT2D eigenvalue weighted by molar-refractivity contribution is -0.186. The third-order valence-corrected chi connectivity index (χ3v) is 3.11. The highest BCUT2D eigenvalue weighted by atomic mass is 35.5. The summed E-state index contributed by atoms with van der Waals surface area (Å²) >= 11 is 5.89. The van der Waals surface area contributed by atoms with Gasteiger partial charge in [0.25, 0.3) is 0 Å². The van der Waals surface area contributed by atoms with Gasteiger partial charge >= 0.3 is 18.1 Å². The van der Waals surface area contributed by atoms with Gasteiger partial charge in [-0.05, 0) is 18.6 Å². The predicted molar refractivity (Wildman–Crippen MR) is 74.2 cm³/mol. The lowest BCUT2D eigenvalue weighted by Gasteiger charge is -2.24. The highest BCUT2D eigenvalue weighted by Gasteiger charge is 2.42. The van der Waals surface area contributed by atoms with Crippen LogP contribution in [0.1, 0.15) is 18.9 Å². The van der Waals surface area contributed by atoms with Crippen LogP contribution in [0.5, 0.6) is 0 Å². The Morgan fingerprint density at radius 1 is 1.27 bits per heavy atom. The molecule has 1 rings (SSSR count). The first-order valence-corrected chi connectivity index (χ1v) is 6.88. The number of rotatable bonds is 6. The minimum Gasteiger partial charge on any atom is -0.466 e. The number of ether oxygens (including phenoxy) is 1. The van der Waals surface area contributed by atoms with E-state index in [2.05, 4.69) is 4.74 Å². The molecule has 1 aromatic carbocycles. The van der Waals surface area contributed by atoms with Crippen molar-refractivity contribution >= 4 is 23.5 Å². The fourth-order valence-electron chi connectivity index (χ4n) is 1.72. The van der Waals surface area contributed by atoms with Gasteiger partial charge in [-0.1, -0.05) is 29.8 Å². The quantitative estimate of drug-likeness (QED) is 0.749. The van der Waals surface area contributed by atoms with Crippen LogP contribution in [0.25, 0.3) is 0 Å². The van der Waals surface area contributed by atoms with E-state index in [1.54, 1.807) is 19.1 Å². The van der Waals surface area contributed by atoms with Crippen LogP contribution in [0.2, 0.25) is 5.02 Å². The Bertz CT molecular complexity index is 534. The summed E-state index contributed by atoms with van der Waals surface area (Å²) in [5.74, 6) is -2.68. The molecule has 8 heteroatoms. The van der Waals surface area contributed by atoms with Crippen LogP contribution in [0, 0.1) is 0 Å². The van der Waals surface area contributed by atoms with Gasteiger partial charge in [-0.3, -0.25) is 9.59 Å². The van der Waals surface area contributed by atoms with Crippen molar-refractivity contribution in [3.63, 3.8) is 0 Å². The molecule has 1 amide bonds. The zero-order valence-electron chi connectivity index (χ0n) is 11.8. The molecule has 0 heterocycles. The summed E-state index contributed by atoms with van der Waals surface area (Å²) in [6.45, 7) is 0.969. The molecule has 0 aromatic heterocycles. The first kappa shape index (κ1) is 18.3. The van der Waals surface area contributed by atoms with Gasteiger partial charge in [0.1, 0.15) is 0 Å². The van der Waals surface area contributed by atoms with Crippen LogP contribution in [0.3, 0.4) is 0 Å². The number of esters is 1. The molecule has 0 radical (unpaired) electrons. The van der Waals surface area contributed by atoms with Crippen LogP contribution >= 0.6 is 11.6 Å². The Labute approximate surface area is 130 Å². The Hall–Kier alpha value is -1.76. The summed E-state index contributed by atoms with van der Waals surface area (Å²) in [6.07, 6.45) is -5.34. The number of carbonyl (C=O) groups is 2. The van der Waals surface area contributed by atoms with Gasteiger partial charge < -0.3 is 9.64 Å². The SMILES string of the molecule is CCOC(=O)CCN(Cc1ccccc1Cl)C(=O)C(F)(F)F. The molecule has 0 aliphatic rings. The second-order valence-corrected chi connectivity index (χ2v) is 4.78. The number of alkyl halides is 3. The number of benzene rings is 1. The summed E-state index contributed by atoms with van der Waals surface area (Å²) in [5.41, 5.74) is 0.366. The highest BCUT2D eigenvalue weighted by molar-refractivity contribution is 6.31. The van der Waals surface area contributed by atoms with E-state index in [4.69, 9.17) is 11.6 Å². The lowest BCUT2D eigenvalue weighted by Crippen LogP contribution is -2.41. The van der Waals surface area contributed by atoms with Crippen molar-refractivity contribution in [1.29, 1.82) is 0 Å². The molecule has 122 valence electrons. The van der Waals surface area contributed by atoms with Crippen molar-refractivity contribution in [2.24, 2.45) is 0 Å². The second-order valence-electron chi connectivity index (χ2n) is 4.37. The fourth-order valence-corrected chi connectivity index (χ4v) is 1.92. The van der Waals surface area contributed by atoms with Gasteiger partial charge in [0.05, 0.1) is 13.0 Å². The monoisotopic (exact) mass is 337 g/mol. The second kappa shape index (κ2) is 8.03. The van der Waals surface area contributed by atoms with Gasteiger partial charge in [-0.15, -0.1) is 0 Å². The standard InChI is InChI=1S/C14H15ClF3NO3/c1-2-22-12(20)7-8-19(13(21)14(16,17)18)9-10-5-3-4-6-11(10)15/h3-6H,2,7-9H2,1H3. The lowest BCUT2D eigenvalue weighted by atomic mass is 10.2. The number of halogens is 4. The Morgan fingerprint density at radius 2 is 1.91 bits per heavy atom. The number of carbonyl (C=O) groups excluding carboxylic acids is 2. The molecule has 0 spiro atoms. The summed E-state index contributed by atoms with van der Waals surface area (Å²) in [5, 5.41) is 0.249. The average Bonchev–Trinajstić information content (AvgIpc) is 2.44. The maximum atomic E-state index is 12.6. The third-order valence-electron chi connectivity index (χ3n) is 2.74. The van der Waals surface area contributed by atoms with Gasteiger partial charge in [-0.2, -0.15) is 13.2 Å². The Kier molecular flexibility index (Phi) is 6.67. The molecule has 0 N–H and O–H groups in total. The molecule has 0 atom stereocenters. The minimum absolute atomic E-state index is 0.122. The Balaban J connectivity index is 2.85. The molecule has 0 saturated carbocycles. The summed E-state index contributed by atoms with van der Waals surface area (Å²) in [7, 11) is 0. The number of nitrogens with zero attached hydrogens (tertiary/aromatic N) is 1. The molecular weight excluding hydrogens is 323 g/mol. The summed E-state index contributed by atoms with van der Waals surface area (Å²) in [6, 6.07) is 6.25. The molecule has 0 aliphatic heterocycles. The van der Waals surface area contributed by atoms with Crippen molar-refractivity contribution in [3.8, 4) is 0 Å². The highest BCUT2D eigenvalue weighted by Crippen LogP contribution is 2.23. The van der Waals surface area contributed by atoms with Crippen LogP contribution in [0.15, 0.2) is 24.3 Å². The van der Waals surface area contributed by atoms with Crippen LogP contribution in [-0.4, -0.2) is 36.1 Å². The number of hydrogen-bond donors (Lipinski definition) is 0.